The number of hydrogen-bond acceptors (Lipinski definition) is 8. The molecule has 192 valence electrons. The summed E-state index contributed by atoms with van der Waals surface area (Å²) in [5, 5.41) is 1.50. The summed E-state index contributed by atoms with van der Waals surface area (Å²) in [6.45, 7) is 5.14. The van der Waals surface area contributed by atoms with Crippen molar-refractivity contribution in [3.63, 3.8) is 0 Å². The zero-order valence-corrected chi connectivity index (χ0v) is 20.8. The number of rotatable bonds is 8. The summed E-state index contributed by atoms with van der Waals surface area (Å²) >= 11 is 0. The van der Waals surface area contributed by atoms with Crippen LogP contribution in [0.25, 0.3) is 11.3 Å². The van der Waals surface area contributed by atoms with Gasteiger partial charge in [0.15, 0.2) is 0 Å². The second-order valence-corrected chi connectivity index (χ2v) is 9.20. The first-order valence-corrected chi connectivity index (χ1v) is 12.3. The average Bonchev–Trinajstić information content (AvgIpc) is 3.57. The smallest absolute Gasteiger partial charge is 0.312 e. The van der Waals surface area contributed by atoms with Crippen LogP contribution in [0.5, 0.6) is 0 Å². The van der Waals surface area contributed by atoms with Crippen molar-refractivity contribution in [3.8, 4) is 0 Å². The molecule has 3 aromatic heterocycles. The SMILES string of the molecule is CCN1CCN(Cc2ccc3nc(CN(N)/C=C(\N)c4cncc(N5C=CCC5)c4)cn3c2)C(=O)C1=O. The number of hydrogen-bond donors (Lipinski definition) is 2. The Morgan fingerprint density at radius 2 is 1.92 bits per heavy atom. The van der Waals surface area contributed by atoms with Gasteiger partial charge in [-0.3, -0.25) is 14.6 Å². The third-order valence-electron chi connectivity index (χ3n) is 6.57. The van der Waals surface area contributed by atoms with Crippen LogP contribution in [0.4, 0.5) is 5.69 Å². The lowest BCUT2D eigenvalue weighted by Crippen LogP contribution is -2.53. The largest absolute Gasteiger partial charge is 0.397 e. The molecular weight excluding hydrogens is 470 g/mol. The number of nitrogens with two attached hydrogens (primary N) is 2. The number of imidazole rings is 1. The molecule has 2 amide bonds. The molecule has 11 nitrogen and oxygen atoms in total. The van der Waals surface area contributed by atoms with E-state index in [4.69, 9.17) is 11.6 Å². The van der Waals surface area contributed by atoms with Crippen LogP contribution in [0.1, 0.15) is 30.2 Å². The summed E-state index contributed by atoms with van der Waals surface area (Å²) in [5.41, 5.74) is 11.0. The Bertz CT molecular complexity index is 1380. The molecule has 0 saturated carbocycles. The summed E-state index contributed by atoms with van der Waals surface area (Å²) in [7, 11) is 0. The maximum Gasteiger partial charge on any atom is 0.312 e. The molecule has 0 unspecified atom stereocenters. The summed E-state index contributed by atoms with van der Waals surface area (Å²) < 4.78 is 1.90. The summed E-state index contributed by atoms with van der Waals surface area (Å²) in [4.78, 5) is 38.9. The molecule has 2 aliphatic heterocycles. The first-order valence-electron chi connectivity index (χ1n) is 12.3. The predicted octanol–water partition coefficient (Wildman–Crippen LogP) is 1.28. The van der Waals surface area contributed by atoms with Crippen molar-refractivity contribution < 1.29 is 9.59 Å². The van der Waals surface area contributed by atoms with E-state index in [1.165, 1.54) is 5.01 Å². The Labute approximate surface area is 215 Å². The highest BCUT2D eigenvalue weighted by atomic mass is 16.2. The van der Waals surface area contributed by atoms with Gasteiger partial charge in [-0.1, -0.05) is 12.1 Å². The quantitative estimate of drug-likeness (QED) is 0.268. The number of amides is 2. The molecule has 0 radical (unpaired) electrons. The molecule has 0 atom stereocenters. The van der Waals surface area contributed by atoms with Crippen molar-refractivity contribution in [2.24, 2.45) is 11.6 Å². The Morgan fingerprint density at radius 3 is 2.70 bits per heavy atom. The van der Waals surface area contributed by atoms with E-state index in [0.29, 0.717) is 38.4 Å². The molecule has 3 aromatic rings. The topological polar surface area (TPSA) is 129 Å². The number of carbonyl (C=O) groups is 2. The molecule has 5 rings (SSSR count). The number of likely N-dealkylation sites (N-methyl/N-ethyl adjacent to an activating group) is 1. The highest BCUT2D eigenvalue weighted by Gasteiger charge is 2.31. The molecule has 2 aliphatic rings. The van der Waals surface area contributed by atoms with Crippen molar-refractivity contribution in [2.75, 3.05) is 31.1 Å². The number of pyridine rings is 2. The van der Waals surface area contributed by atoms with E-state index in [-0.39, 0.29) is 0 Å². The van der Waals surface area contributed by atoms with Gasteiger partial charge in [0.1, 0.15) is 5.65 Å². The minimum Gasteiger partial charge on any atom is -0.397 e. The third kappa shape index (κ3) is 5.26. The van der Waals surface area contributed by atoms with E-state index in [1.54, 1.807) is 22.2 Å². The van der Waals surface area contributed by atoms with Crippen molar-refractivity contribution in [1.82, 2.24) is 29.2 Å². The number of anilines is 1. The van der Waals surface area contributed by atoms with Gasteiger partial charge in [-0.15, -0.1) is 0 Å². The maximum absolute atomic E-state index is 12.4. The first kappa shape index (κ1) is 24.3. The number of aromatic nitrogens is 3. The van der Waals surface area contributed by atoms with Crippen LogP contribution in [0.2, 0.25) is 0 Å². The molecule has 0 aromatic carbocycles. The highest BCUT2D eigenvalue weighted by Crippen LogP contribution is 2.21. The Balaban J connectivity index is 1.25. The summed E-state index contributed by atoms with van der Waals surface area (Å²) in [6.07, 6.45) is 14.2. The number of fused-ring (bicyclic) bond motifs is 1. The van der Waals surface area contributed by atoms with Crippen molar-refractivity contribution in [2.45, 2.75) is 26.4 Å². The predicted molar refractivity (Wildman–Crippen MR) is 140 cm³/mol. The fourth-order valence-electron chi connectivity index (χ4n) is 4.58. The fourth-order valence-corrected chi connectivity index (χ4v) is 4.58. The van der Waals surface area contributed by atoms with Crippen LogP contribution in [0, 0.1) is 0 Å². The van der Waals surface area contributed by atoms with Crippen LogP contribution in [-0.2, 0) is 22.7 Å². The van der Waals surface area contributed by atoms with E-state index < -0.39 is 11.8 Å². The van der Waals surface area contributed by atoms with Gasteiger partial charge in [-0.05, 0) is 31.0 Å². The number of nitrogens with zero attached hydrogens (tertiary/aromatic N) is 7. The van der Waals surface area contributed by atoms with E-state index >= 15 is 0 Å². The zero-order chi connectivity index (χ0) is 25.9. The van der Waals surface area contributed by atoms with E-state index in [1.807, 2.05) is 48.1 Å². The monoisotopic (exact) mass is 501 g/mol. The molecular formula is C26H31N9O2. The lowest BCUT2D eigenvalue weighted by Gasteiger charge is -2.33. The van der Waals surface area contributed by atoms with Gasteiger partial charge in [0.25, 0.3) is 0 Å². The van der Waals surface area contributed by atoms with Gasteiger partial charge >= 0.3 is 11.8 Å². The molecule has 0 spiro atoms. The minimum atomic E-state index is -0.458. The molecule has 0 bridgehead atoms. The van der Waals surface area contributed by atoms with Gasteiger partial charge in [0.2, 0.25) is 0 Å². The number of carbonyl (C=O) groups excluding carboxylic acids is 2. The van der Waals surface area contributed by atoms with Gasteiger partial charge in [0.05, 0.1) is 29.8 Å². The van der Waals surface area contributed by atoms with Crippen LogP contribution < -0.4 is 16.5 Å². The van der Waals surface area contributed by atoms with Crippen molar-refractivity contribution in [1.29, 1.82) is 0 Å². The Morgan fingerprint density at radius 1 is 1.11 bits per heavy atom. The zero-order valence-electron chi connectivity index (χ0n) is 20.8. The molecule has 11 heteroatoms. The molecule has 4 N–H and O–H groups in total. The van der Waals surface area contributed by atoms with Crippen molar-refractivity contribution >= 4 is 28.8 Å². The molecule has 1 saturated heterocycles. The fraction of sp³-hybridized carbons (Fsp3) is 0.308. The first-order chi connectivity index (χ1) is 17.9. The second-order valence-electron chi connectivity index (χ2n) is 9.20. The van der Waals surface area contributed by atoms with Crippen LogP contribution >= 0.6 is 0 Å². The van der Waals surface area contributed by atoms with Gasteiger partial charge < -0.3 is 29.8 Å². The van der Waals surface area contributed by atoms with Crippen LogP contribution in [0.15, 0.2) is 61.5 Å². The van der Waals surface area contributed by atoms with Gasteiger partial charge in [0, 0.05) is 69.3 Å². The number of hydrazine groups is 1. The molecule has 0 aliphatic carbocycles. The third-order valence-corrected chi connectivity index (χ3v) is 6.57. The second kappa shape index (κ2) is 10.3. The maximum atomic E-state index is 12.4. The lowest BCUT2D eigenvalue weighted by molar-refractivity contribution is -0.156. The van der Waals surface area contributed by atoms with Crippen LogP contribution in [-0.4, -0.2) is 67.2 Å². The lowest BCUT2D eigenvalue weighted by atomic mass is 10.2. The molecule has 5 heterocycles. The number of piperazine rings is 1. The van der Waals surface area contributed by atoms with Gasteiger partial charge in [-0.25, -0.2) is 10.8 Å². The normalized spacial score (nSPS) is 16.4. The van der Waals surface area contributed by atoms with E-state index in [2.05, 4.69) is 27.1 Å². The Kier molecular flexibility index (Phi) is 6.78. The Hall–Kier alpha value is -4.38. The standard InChI is InChI=1S/C26H31N9O2/c1-2-31-9-10-33(26(37)25(31)36)14-19-5-6-24-30-21(16-34(24)15-19)17-35(28)18-23(27)20-11-22(13-29-12-20)32-7-3-4-8-32/h3,5-7,11-13,15-16,18H,2,4,8-10,14,17,27-28H2,1H3/b23-18-. The average molecular weight is 502 g/mol. The summed E-state index contributed by atoms with van der Waals surface area (Å²) in [6, 6.07) is 5.81. The summed E-state index contributed by atoms with van der Waals surface area (Å²) in [5.74, 6) is 5.34. The van der Waals surface area contributed by atoms with Crippen molar-refractivity contribution in [3.05, 3.63) is 78.3 Å². The highest BCUT2D eigenvalue weighted by molar-refractivity contribution is 6.35. The minimum absolute atomic E-state index is 0.353. The van der Waals surface area contributed by atoms with E-state index in [0.717, 1.165) is 41.1 Å². The van der Waals surface area contributed by atoms with E-state index in [9.17, 15) is 9.59 Å². The van der Waals surface area contributed by atoms with Crippen LogP contribution in [0.3, 0.4) is 0 Å². The molecule has 1 fully saturated rings. The van der Waals surface area contributed by atoms with Gasteiger partial charge in [-0.2, -0.15) is 0 Å². The molecule has 37 heavy (non-hydrogen) atoms.